The zero-order valence-corrected chi connectivity index (χ0v) is 10.7. The molecule has 1 N–H and O–H groups in total. The van der Waals surface area contributed by atoms with Crippen molar-refractivity contribution < 1.29 is 8.81 Å². The van der Waals surface area contributed by atoms with Gasteiger partial charge in [-0.1, -0.05) is 6.07 Å². The fourth-order valence-electron chi connectivity index (χ4n) is 1.91. The van der Waals surface area contributed by atoms with E-state index in [-0.39, 0.29) is 5.82 Å². The Bertz CT molecular complexity index is 598. The number of furan rings is 1. The second kappa shape index (κ2) is 6.17. The molecule has 0 aliphatic rings. The molecular weight excluding hydrogens is 243 g/mol. The second-order valence-corrected chi connectivity index (χ2v) is 4.38. The lowest BCUT2D eigenvalue weighted by Crippen LogP contribution is -2.16. The fraction of sp³-hybridized carbons (Fsp3) is 0.267. The number of nitrogens with one attached hydrogen (secondary N) is 1. The lowest BCUT2D eigenvalue weighted by Gasteiger charge is -2.06. The number of rotatable bonds is 5. The van der Waals surface area contributed by atoms with Crippen molar-refractivity contribution in [3.05, 3.63) is 58.8 Å². The molecular formula is C15H15FN2O. The van der Waals surface area contributed by atoms with Crippen LogP contribution in [0.1, 0.15) is 22.6 Å². The molecule has 0 radical (unpaired) electrons. The van der Waals surface area contributed by atoms with Crippen LogP contribution in [-0.4, -0.2) is 6.54 Å². The van der Waals surface area contributed by atoms with E-state index in [1.165, 1.54) is 6.07 Å². The summed E-state index contributed by atoms with van der Waals surface area (Å²) in [5.41, 5.74) is 2.10. The van der Waals surface area contributed by atoms with Crippen LogP contribution in [0.2, 0.25) is 0 Å². The molecule has 2 rings (SSSR count). The van der Waals surface area contributed by atoms with E-state index in [9.17, 15) is 4.39 Å². The van der Waals surface area contributed by atoms with Gasteiger partial charge in [-0.05, 0) is 55.3 Å². The van der Waals surface area contributed by atoms with Gasteiger partial charge in [0.25, 0.3) is 0 Å². The standard InChI is InChI=1S/C15H15FN2O/c1-11-8-13(16)3-2-12(11)6-7-18-10-15-5-4-14(9-17)19-15/h2-5,8,18H,6-7,10H2,1H3. The summed E-state index contributed by atoms with van der Waals surface area (Å²) in [5.74, 6) is 0.868. The molecule has 3 nitrogen and oxygen atoms in total. The van der Waals surface area contributed by atoms with Gasteiger partial charge >= 0.3 is 0 Å². The van der Waals surface area contributed by atoms with E-state index in [1.54, 1.807) is 18.2 Å². The van der Waals surface area contributed by atoms with Gasteiger partial charge in [-0.3, -0.25) is 0 Å². The maximum atomic E-state index is 12.9. The summed E-state index contributed by atoms with van der Waals surface area (Å²) in [5, 5.41) is 11.9. The van der Waals surface area contributed by atoms with E-state index in [4.69, 9.17) is 9.68 Å². The first-order valence-corrected chi connectivity index (χ1v) is 6.13. The quantitative estimate of drug-likeness (QED) is 0.839. The van der Waals surface area contributed by atoms with Crippen molar-refractivity contribution in [2.24, 2.45) is 0 Å². The number of halogens is 1. The minimum atomic E-state index is -0.200. The fourth-order valence-corrected chi connectivity index (χ4v) is 1.91. The maximum absolute atomic E-state index is 12.9. The highest BCUT2D eigenvalue weighted by atomic mass is 19.1. The largest absolute Gasteiger partial charge is 0.449 e. The van der Waals surface area contributed by atoms with Crippen LogP contribution in [0.25, 0.3) is 0 Å². The average Bonchev–Trinajstić information content (AvgIpc) is 2.84. The van der Waals surface area contributed by atoms with E-state index >= 15 is 0 Å². The van der Waals surface area contributed by atoms with Crippen LogP contribution in [0, 0.1) is 24.1 Å². The minimum Gasteiger partial charge on any atom is -0.449 e. The molecule has 0 aliphatic heterocycles. The first-order chi connectivity index (χ1) is 9.19. The number of hydrogen-bond acceptors (Lipinski definition) is 3. The van der Waals surface area contributed by atoms with Gasteiger partial charge in [-0.2, -0.15) is 5.26 Å². The molecule has 1 aromatic heterocycles. The molecule has 0 aliphatic carbocycles. The van der Waals surface area contributed by atoms with Crippen molar-refractivity contribution in [1.29, 1.82) is 5.26 Å². The summed E-state index contributed by atoms with van der Waals surface area (Å²) in [7, 11) is 0. The van der Waals surface area contributed by atoms with Gasteiger partial charge in [0.15, 0.2) is 0 Å². The molecule has 1 heterocycles. The minimum absolute atomic E-state index is 0.200. The number of nitriles is 1. The van der Waals surface area contributed by atoms with E-state index in [2.05, 4.69) is 5.32 Å². The van der Waals surface area contributed by atoms with Crippen molar-refractivity contribution in [2.45, 2.75) is 19.9 Å². The van der Waals surface area contributed by atoms with Gasteiger partial charge < -0.3 is 9.73 Å². The predicted molar refractivity (Wildman–Crippen MR) is 70.0 cm³/mol. The molecule has 0 fully saturated rings. The molecule has 0 amide bonds. The smallest absolute Gasteiger partial charge is 0.203 e. The first-order valence-electron chi connectivity index (χ1n) is 6.13. The third kappa shape index (κ3) is 3.67. The monoisotopic (exact) mass is 258 g/mol. The van der Waals surface area contributed by atoms with E-state index in [0.717, 1.165) is 29.9 Å². The van der Waals surface area contributed by atoms with Gasteiger partial charge in [-0.25, -0.2) is 4.39 Å². The van der Waals surface area contributed by atoms with Crippen molar-refractivity contribution in [1.82, 2.24) is 5.32 Å². The van der Waals surface area contributed by atoms with Crippen molar-refractivity contribution in [3.63, 3.8) is 0 Å². The van der Waals surface area contributed by atoms with Gasteiger partial charge in [0.1, 0.15) is 17.6 Å². The summed E-state index contributed by atoms with van der Waals surface area (Å²) >= 11 is 0. The zero-order valence-electron chi connectivity index (χ0n) is 10.7. The lowest BCUT2D eigenvalue weighted by molar-refractivity contribution is 0.475. The zero-order chi connectivity index (χ0) is 13.7. The molecule has 4 heteroatoms. The summed E-state index contributed by atoms with van der Waals surface area (Å²) in [6, 6.07) is 10.2. The van der Waals surface area contributed by atoms with Crippen LogP contribution in [0.15, 0.2) is 34.7 Å². The summed E-state index contributed by atoms with van der Waals surface area (Å²) in [4.78, 5) is 0. The third-order valence-corrected chi connectivity index (χ3v) is 2.95. The molecule has 0 atom stereocenters. The number of nitrogens with zero attached hydrogens (tertiary/aromatic N) is 1. The number of hydrogen-bond donors (Lipinski definition) is 1. The normalized spacial score (nSPS) is 10.4. The molecule has 0 spiro atoms. The third-order valence-electron chi connectivity index (χ3n) is 2.95. The highest BCUT2D eigenvalue weighted by Crippen LogP contribution is 2.10. The van der Waals surface area contributed by atoms with E-state index in [1.807, 2.05) is 19.1 Å². The summed E-state index contributed by atoms with van der Waals surface area (Å²) in [6.07, 6.45) is 0.831. The highest BCUT2D eigenvalue weighted by Gasteiger charge is 2.02. The Morgan fingerprint density at radius 3 is 2.84 bits per heavy atom. The predicted octanol–water partition coefficient (Wildman–Crippen LogP) is 2.93. The molecule has 0 unspecified atom stereocenters. The Labute approximate surface area is 111 Å². The van der Waals surface area contributed by atoms with Crippen LogP contribution < -0.4 is 5.32 Å². The van der Waals surface area contributed by atoms with Crippen LogP contribution >= 0.6 is 0 Å². The molecule has 0 saturated carbocycles. The average molecular weight is 258 g/mol. The number of aryl methyl sites for hydroxylation is 1. The molecule has 98 valence electrons. The van der Waals surface area contributed by atoms with Crippen molar-refractivity contribution >= 4 is 0 Å². The lowest BCUT2D eigenvalue weighted by atomic mass is 10.1. The Kier molecular flexibility index (Phi) is 4.32. The molecule has 1 aromatic carbocycles. The molecule has 0 bridgehead atoms. The Balaban J connectivity index is 1.79. The van der Waals surface area contributed by atoms with Gasteiger partial charge in [0, 0.05) is 0 Å². The van der Waals surface area contributed by atoms with Crippen molar-refractivity contribution in [3.8, 4) is 6.07 Å². The second-order valence-electron chi connectivity index (χ2n) is 4.38. The molecule has 2 aromatic rings. The number of benzene rings is 1. The van der Waals surface area contributed by atoms with Crippen LogP contribution in [0.3, 0.4) is 0 Å². The Hall–Kier alpha value is -2.12. The van der Waals surface area contributed by atoms with E-state index in [0.29, 0.717) is 12.3 Å². The summed E-state index contributed by atoms with van der Waals surface area (Å²) in [6.45, 7) is 3.26. The van der Waals surface area contributed by atoms with Gasteiger partial charge in [-0.15, -0.1) is 0 Å². The van der Waals surface area contributed by atoms with Crippen LogP contribution in [-0.2, 0) is 13.0 Å². The van der Waals surface area contributed by atoms with Gasteiger partial charge in [0.2, 0.25) is 5.76 Å². The van der Waals surface area contributed by atoms with Gasteiger partial charge in [0.05, 0.1) is 6.54 Å². The topological polar surface area (TPSA) is 49.0 Å². The summed E-state index contributed by atoms with van der Waals surface area (Å²) < 4.78 is 18.2. The molecule has 0 saturated heterocycles. The Morgan fingerprint density at radius 1 is 1.32 bits per heavy atom. The van der Waals surface area contributed by atoms with Crippen molar-refractivity contribution in [2.75, 3.05) is 6.54 Å². The maximum Gasteiger partial charge on any atom is 0.203 e. The SMILES string of the molecule is Cc1cc(F)ccc1CCNCc1ccc(C#N)o1. The van der Waals surface area contributed by atoms with E-state index < -0.39 is 0 Å². The highest BCUT2D eigenvalue weighted by molar-refractivity contribution is 5.26. The Morgan fingerprint density at radius 2 is 2.16 bits per heavy atom. The van der Waals surface area contributed by atoms with Crippen LogP contribution in [0.5, 0.6) is 0 Å². The molecule has 19 heavy (non-hydrogen) atoms. The van der Waals surface area contributed by atoms with Crippen LogP contribution in [0.4, 0.5) is 4.39 Å². The first kappa shape index (κ1) is 13.3.